The third-order valence-corrected chi connectivity index (χ3v) is 2.11. The van der Waals surface area contributed by atoms with Crippen LogP contribution < -0.4 is 0 Å². The first-order chi connectivity index (χ1) is 5.52. The van der Waals surface area contributed by atoms with Gasteiger partial charge in [-0.05, 0) is 6.07 Å². The molecule has 0 fully saturated rings. The van der Waals surface area contributed by atoms with E-state index < -0.39 is 22.6 Å². The van der Waals surface area contributed by atoms with E-state index in [1.54, 1.807) is 0 Å². The molecule has 0 saturated carbocycles. The molecule has 4 nitrogen and oxygen atoms in total. The van der Waals surface area contributed by atoms with Gasteiger partial charge in [0.2, 0.25) is 0 Å². The summed E-state index contributed by atoms with van der Waals surface area (Å²) in [6, 6.07) is 2.18. The van der Waals surface area contributed by atoms with Crippen LogP contribution in [0, 0.1) is 0 Å². The van der Waals surface area contributed by atoms with Gasteiger partial charge in [0.15, 0.2) is 22.6 Å². The molecular weight excluding hydrogens is 204 g/mol. The fraction of sp³-hybridized carbons (Fsp3) is 0. The van der Waals surface area contributed by atoms with E-state index in [-0.39, 0.29) is 9.92 Å². The first-order valence-electron chi connectivity index (χ1n) is 2.84. The number of phenolic OH excluding ortho intramolecular Hbond substituents is 2. The summed E-state index contributed by atoms with van der Waals surface area (Å²) >= 11 is 3.09. The summed E-state index contributed by atoms with van der Waals surface area (Å²) in [5, 5.41) is 18.1. The van der Waals surface area contributed by atoms with Crippen molar-refractivity contribution in [2.24, 2.45) is 0 Å². The van der Waals surface area contributed by atoms with Gasteiger partial charge in [0.25, 0.3) is 0 Å². The van der Waals surface area contributed by atoms with Crippen LogP contribution in [0.3, 0.4) is 0 Å². The predicted octanol–water partition coefficient (Wildman–Crippen LogP) is 1.33. The molecule has 6 heteroatoms. The summed E-state index contributed by atoms with van der Waals surface area (Å²) in [6.45, 7) is 0. The zero-order valence-corrected chi connectivity index (χ0v) is 7.26. The molecule has 1 aromatic rings. The Kier molecular flexibility index (Phi) is 2.56. The van der Waals surface area contributed by atoms with Gasteiger partial charge in [-0.25, -0.2) is 4.21 Å². The number of phenols is 2. The van der Waals surface area contributed by atoms with Crippen LogP contribution in [0.25, 0.3) is 0 Å². The molecule has 0 saturated heterocycles. The highest BCUT2D eigenvalue weighted by molar-refractivity contribution is 7.79. The Balaban J connectivity index is 3.37. The van der Waals surface area contributed by atoms with Crippen LogP contribution in [0.1, 0.15) is 0 Å². The highest BCUT2D eigenvalue weighted by Gasteiger charge is 2.12. The molecule has 0 aliphatic heterocycles. The Morgan fingerprint density at radius 3 is 2.42 bits per heavy atom. The van der Waals surface area contributed by atoms with Crippen molar-refractivity contribution in [3.8, 4) is 11.5 Å². The van der Waals surface area contributed by atoms with Crippen molar-refractivity contribution < 1.29 is 19.0 Å². The van der Waals surface area contributed by atoms with Crippen molar-refractivity contribution in [1.82, 2.24) is 0 Å². The SMILES string of the molecule is O=S(O)c1cc(Cl)cc(O)c1O. The molecular formula is C6H5ClO4S. The average molecular weight is 209 g/mol. The lowest BCUT2D eigenvalue weighted by atomic mass is 10.3. The molecule has 1 atom stereocenters. The summed E-state index contributed by atoms with van der Waals surface area (Å²) in [5.41, 5.74) is 0. The van der Waals surface area contributed by atoms with E-state index in [1.807, 2.05) is 0 Å². The number of halogens is 1. The summed E-state index contributed by atoms with van der Waals surface area (Å²) in [7, 11) is 0. The van der Waals surface area contributed by atoms with Gasteiger partial charge >= 0.3 is 0 Å². The first kappa shape index (κ1) is 9.31. The molecule has 0 spiro atoms. The normalized spacial score (nSPS) is 12.8. The van der Waals surface area contributed by atoms with Crippen LogP contribution in [0.15, 0.2) is 17.0 Å². The maximum Gasteiger partial charge on any atom is 0.190 e. The Bertz CT molecular complexity index is 339. The molecule has 3 N–H and O–H groups in total. The van der Waals surface area contributed by atoms with Gasteiger partial charge in [-0.3, -0.25) is 0 Å². The van der Waals surface area contributed by atoms with E-state index in [0.717, 1.165) is 12.1 Å². The standard InChI is InChI=1S/C6H5ClO4S/c7-3-1-4(8)6(9)5(2-3)12(10)11/h1-2,8-9H,(H,10,11). The molecule has 0 aliphatic rings. The van der Waals surface area contributed by atoms with Crippen molar-refractivity contribution in [1.29, 1.82) is 0 Å². The van der Waals surface area contributed by atoms with Crippen molar-refractivity contribution in [2.45, 2.75) is 4.90 Å². The minimum absolute atomic E-state index is 0.0858. The lowest BCUT2D eigenvalue weighted by Gasteiger charge is -2.02. The zero-order valence-electron chi connectivity index (χ0n) is 5.69. The quantitative estimate of drug-likeness (QED) is 0.481. The molecule has 0 aromatic heterocycles. The van der Waals surface area contributed by atoms with Crippen molar-refractivity contribution in [2.75, 3.05) is 0 Å². The van der Waals surface area contributed by atoms with E-state index in [1.165, 1.54) is 0 Å². The molecule has 0 heterocycles. The van der Waals surface area contributed by atoms with Crippen LogP contribution in [0.4, 0.5) is 0 Å². The largest absolute Gasteiger partial charge is 0.504 e. The molecule has 12 heavy (non-hydrogen) atoms. The molecule has 0 amide bonds. The maximum atomic E-state index is 10.5. The van der Waals surface area contributed by atoms with Crippen LogP contribution >= 0.6 is 11.6 Å². The lowest BCUT2D eigenvalue weighted by Crippen LogP contribution is -1.89. The number of rotatable bonds is 1. The van der Waals surface area contributed by atoms with E-state index in [2.05, 4.69) is 0 Å². The zero-order chi connectivity index (χ0) is 9.30. The molecule has 0 aliphatic carbocycles. The Morgan fingerprint density at radius 1 is 1.33 bits per heavy atom. The van der Waals surface area contributed by atoms with E-state index in [9.17, 15) is 4.21 Å². The van der Waals surface area contributed by atoms with Crippen LogP contribution in [0.5, 0.6) is 11.5 Å². The first-order valence-corrected chi connectivity index (χ1v) is 4.33. The summed E-state index contributed by atoms with van der Waals surface area (Å²) in [5.74, 6) is -1.14. The van der Waals surface area contributed by atoms with Gasteiger partial charge in [0.1, 0.15) is 4.90 Å². The van der Waals surface area contributed by atoms with Gasteiger partial charge < -0.3 is 14.8 Å². The van der Waals surface area contributed by atoms with Crippen LogP contribution in [-0.4, -0.2) is 19.0 Å². The Labute approximate surface area is 75.7 Å². The number of benzene rings is 1. The van der Waals surface area contributed by atoms with Crippen molar-refractivity contribution >= 4 is 22.7 Å². The second-order valence-electron chi connectivity index (χ2n) is 2.02. The van der Waals surface area contributed by atoms with Gasteiger partial charge in [0, 0.05) is 11.1 Å². The fourth-order valence-electron chi connectivity index (χ4n) is 0.694. The minimum atomic E-state index is -2.36. The van der Waals surface area contributed by atoms with Crippen molar-refractivity contribution in [3.05, 3.63) is 17.2 Å². The van der Waals surface area contributed by atoms with Crippen LogP contribution in [-0.2, 0) is 11.1 Å². The van der Waals surface area contributed by atoms with Gasteiger partial charge in [-0.2, -0.15) is 0 Å². The van der Waals surface area contributed by atoms with Crippen molar-refractivity contribution in [3.63, 3.8) is 0 Å². The average Bonchev–Trinajstić information content (AvgIpc) is 1.96. The number of hydrogen-bond acceptors (Lipinski definition) is 3. The molecule has 1 unspecified atom stereocenters. The number of aromatic hydroxyl groups is 2. The second-order valence-corrected chi connectivity index (χ2v) is 3.40. The van der Waals surface area contributed by atoms with E-state index in [4.69, 9.17) is 26.4 Å². The Hall–Kier alpha value is -0.780. The monoisotopic (exact) mass is 208 g/mol. The predicted molar refractivity (Wildman–Crippen MR) is 43.8 cm³/mol. The molecule has 0 bridgehead atoms. The summed E-state index contributed by atoms with van der Waals surface area (Å²) in [4.78, 5) is -0.306. The van der Waals surface area contributed by atoms with Crippen LogP contribution in [0.2, 0.25) is 5.02 Å². The Morgan fingerprint density at radius 2 is 1.92 bits per heavy atom. The smallest absolute Gasteiger partial charge is 0.190 e. The third kappa shape index (κ3) is 1.69. The fourth-order valence-corrected chi connectivity index (χ4v) is 1.47. The summed E-state index contributed by atoms with van der Waals surface area (Å²) < 4.78 is 19.1. The topological polar surface area (TPSA) is 77.8 Å². The molecule has 0 radical (unpaired) electrons. The minimum Gasteiger partial charge on any atom is -0.504 e. The molecule has 1 rings (SSSR count). The highest BCUT2D eigenvalue weighted by atomic mass is 35.5. The van der Waals surface area contributed by atoms with E-state index in [0.29, 0.717) is 0 Å². The molecule has 66 valence electrons. The van der Waals surface area contributed by atoms with Gasteiger partial charge in [-0.15, -0.1) is 0 Å². The second kappa shape index (κ2) is 3.30. The van der Waals surface area contributed by atoms with Gasteiger partial charge in [0.05, 0.1) is 0 Å². The third-order valence-electron chi connectivity index (χ3n) is 1.21. The van der Waals surface area contributed by atoms with E-state index >= 15 is 0 Å². The summed E-state index contributed by atoms with van der Waals surface area (Å²) in [6.07, 6.45) is 0. The number of hydrogen-bond donors (Lipinski definition) is 3. The highest BCUT2D eigenvalue weighted by Crippen LogP contribution is 2.33. The maximum absolute atomic E-state index is 10.5. The molecule has 1 aromatic carbocycles. The van der Waals surface area contributed by atoms with Gasteiger partial charge in [-0.1, -0.05) is 11.6 Å². The lowest BCUT2D eigenvalue weighted by molar-refractivity contribution is 0.392.